The highest BCUT2D eigenvalue weighted by molar-refractivity contribution is 5.85. The molecule has 0 spiro atoms. The van der Waals surface area contributed by atoms with E-state index < -0.39 is 0 Å². The van der Waals surface area contributed by atoms with Crippen LogP contribution in [0.3, 0.4) is 0 Å². The van der Waals surface area contributed by atoms with Gasteiger partial charge in [0, 0.05) is 25.0 Å². The summed E-state index contributed by atoms with van der Waals surface area (Å²) in [6.07, 6.45) is 9.31. The highest BCUT2D eigenvalue weighted by Gasteiger charge is 2.32. The third-order valence-corrected chi connectivity index (χ3v) is 5.42. The molecule has 3 rings (SSSR count). The van der Waals surface area contributed by atoms with E-state index in [0.29, 0.717) is 11.9 Å². The Balaban J connectivity index is 0.00000121. The zero-order valence-electron chi connectivity index (χ0n) is 13.4. The first-order chi connectivity index (χ1) is 9.81. The molecule has 0 aromatic rings. The molecule has 3 aliphatic rings. The first kappa shape index (κ1) is 20.0. The Morgan fingerprint density at radius 1 is 1.09 bits per heavy atom. The molecule has 6 heteroatoms. The van der Waals surface area contributed by atoms with Crippen molar-refractivity contribution in [1.29, 1.82) is 0 Å². The van der Waals surface area contributed by atoms with E-state index in [-0.39, 0.29) is 24.8 Å². The largest absolute Gasteiger partial charge is 0.353 e. The van der Waals surface area contributed by atoms with Crippen molar-refractivity contribution in [3.63, 3.8) is 0 Å². The fraction of sp³-hybridized carbons (Fsp3) is 0.938. The lowest BCUT2D eigenvalue weighted by atomic mass is 9.92. The standard InChI is InChI=1S/C16H29N3O.2ClH/c20-16(4-3-13-5-8-17-9-6-13)18-14-7-11-19-10-1-2-15(19)12-14;;/h13-15,17H,1-12H2,(H,18,20);2*1H. The number of carbonyl (C=O) groups is 1. The van der Waals surface area contributed by atoms with Gasteiger partial charge in [-0.1, -0.05) is 0 Å². The molecule has 1 amide bonds. The molecule has 0 saturated carbocycles. The minimum atomic E-state index is 0. The molecule has 0 bridgehead atoms. The number of fused-ring (bicyclic) bond motifs is 1. The van der Waals surface area contributed by atoms with E-state index in [1.807, 2.05) is 0 Å². The molecule has 2 atom stereocenters. The number of amides is 1. The summed E-state index contributed by atoms with van der Waals surface area (Å²) in [7, 11) is 0. The Morgan fingerprint density at radius 3 is 2.64 bits per heavy atom. The lowest BCUT2D eigenvalue weighted by Gasteiger charge is -2.35. The van der Waals surface area contributed by atoms with Gasteiger partial charge in [0.15, 0.2) is 0 Å². The number of nitrogens with zero attached hydrogens (tertiary/aromatic N) is 1. The van der Waals surface area contributed by atoms with Crippen molar-refractivity contribution >= 4 is 30.7 Å². The van der Waals surface area contributed by atoms with Crippen LogP contribution in [0.15, 0.2) is 0 Å². The van der Waals surface area contributed by atoms with Gasteiger partial charge >= 0.3 is 0 Å². The minimum Gasteiger partial charge on any atom is -0.353 e. The van der Waals surface area contributed by atoms with E-state index in [1.165, 1.54) is 45.2 Å². The predicted octanol–water partition coefficient (Wildman–Crippen LogP) is 2.35. The summed E-state index contributed by atoms with van der Waals surface area (Å²) in [5, 5.41) is 6.67. The van der Waals surface area contributed by atoms with Crippen LogP contribution < -0.4 is 10.6 Å². The summed E-state index contributed by atoms with van der Waals surface area (Å²) in [6.45, 7) is 4.73. The van der Waals surface area contributed by atoms with Crippen LogP contribution in [0.2, 0.25) is 0 Å². The maximum atomic E-state index is 12.1. The number of hydrogen-bond donors (Lipinski definition) is 2. The number of carbonyl (C=O) groups excluding carboxylic acids is 1. The topological polar surface area (TPSA) is 44.4 Å². The summed E-state index contributed by atoms with van der Waals surface area (Å²) < 4.78 is 0. The van der Waals surface area contributed by atoms with Crippen LogP contribution in [0.4, 0.5) is 0 Å². The van der Waals surface area contributed by atoms with Gasteiger partial charge in [0.05, 0.1) is 0 Å². The van der Waals surface area contributed by atoms with Crippen molar-refractivity contribution in [1.82, 2.24) is 15.5 Å². The first-order valence-electron chi connectivity index (χ1n) is 8.55. The fourth-order valence-electron chi connectivity index (χ4n) is 4.16. The Labute approximate surface area is 147 Å². The van der Waals surface area contributed by atoms with Crippen molar-refractivity contribution < 1.29 is 4.79 Å². The van der Waals surface area contributed by atoms with Crippen LogP contribution in [-0.2, 0) is 4.79 Å². The number of rotatable bonds is 4. The van der Waals surface area contributed by atoms with Gasteiger partial charge in [-0.3, -0.25) is 4.79 Å². The molecule has 130 valence electrons. The molecule has 2 unspecified atom stereocenters. The van der Waals surface area contributed by atoms with Gasteiger partial charge in [0.1, 0.15) is 0 Å². The molecular weight excluding hydrogens is 321 g/mol. The Morgan fingerprint density at radius 2 is 1.86 bits per heavy atom. The average molecular weight is 352 g/mol. The Kier molecular flexibility index (Phi) is 9.07. The van der Waals surface area contributed by atoms with Crippen molar-refractivity contribution in [2.45, 2.75) is 63.5 Å². The highest BCUT2D eigenvalue weighted by atomic mass is 35.5. The molecule has 3 fully saturated rings. The third kappa shape index (κ3) is 5.55. The zero-order valence-corrected chi connectivity index (χ0v) is 15.0. The maximum absolute atomic E-state index is 12.1. The molecular formula is C16H31Cl2N3O. The van der Waals surface area contributed by atoms with Gasteiger partial charge in [-0.2, -0.15) is 0 Å². The van der Waals surface area contributed by atoms with E-state index in [4.69, 9.17) is 0 Å². The molecule has 3 aliphatic heterocycles. The van der Waals surface area contributed by atoms with Crippen LogP contribution in [0.1, 0.15) is 51.4 Å². The summed E-state index contributed by atoms with van der Waals surface area (Å²) in [4.78, 5) is 14.7. The molecule has 0 radical (unpaired) electrons. The molecule has 2 N–H and O–H groups in total. The zero-order chi connectivity index (χ0) is 13.8. The van der Waals surface area contributed by atoms with E-state index in [1.54, 1.807) is 0 Å². The van der Waals surface area contributed by atoms with Crippen LogP contribution in [-0.4, -0.2) is 49.1 Å². The van der Waals surface area contributed by atoms with Gasteiger partial charge < -0.3 is 15.5 Å². The number of nitrogens with one attached hydrogen (secondary N) is 2. The van der Waals surface area contributed by atoms with Crippen molar-refractivity contribution in [2.24, 2.45) is 5.92 Å². The van der Waals surface area contributed by atoms with Gasteiger partial charge in [0.25, 0.3) is 0 Å². The summed E-state index contributed by atoms with van der Waals surface area (Å²) >= 11 is 0. The smallest absolute Gasteiger partial charge is 0.220 e. The van der Waals surface area contributed by atoms with Crippen LogP contribution in [0.5, 0.6) is 0 Å². The van der Waals surface area contributed by atoms with E-state index in [0.717, 1.165) is 44.3 Å². The van der Waals surface area contributed by atoms with Crippen molar-refractivity contribution in [3.05, 3.63) is 0 Å². The van der Waals surface area contributed by atoms with Crippen LogP contribution in [0.25, 0.3) is 0 Å². The summed E-state index contributed by atoms with van der Waals surface area (Å²) in [5.41, 5.74) is 0. The maximum Gasteiger partial charge on any atom is 0.220 e. The second kappa shape index (κ2) is 9.96. The van der Waals surface area contributed by atoms with Crippen molar-refractivity contribution in [2.75, 3.05) is 26.2 Å². The number of piperidine rings is 2. The first-order valence-corrected chi connectivity index (χ1v) is 8.55. The van der Waals surface area contributed by atoms with Crippen molar-refractivity contribution in [3.8, 4) is 0 Å². The van der Waals surface area contributed by atoms with Gasteiger partial charge in [0.2, 0.25) is 5.91 Å². The van der Waals surface area contributed by atoms with Gasteiger partial charge in [-0.15, -0.1) is 24.8 Å². The van der Waals surface area contributed by atoms with Gasteiger partial charge in [-0.25, -0.2) is 0 Å². The summed E-state index contributed by atoms with van der Waals surface area (Å²) in [5.74, 6) is 1.05. The SMILES string of the molecule is Cl.Cl.O=C(CCC1CCNCC1)NC1CCN2CCCC2C1. The minimum absolute atomic E-state index is 0. The fourth-order valence-corrected chi connectivity index (χ4v) is 4.16. The third-order valence-electron chi connectivity index (χ3n) is 5.42. The van der Waals surface area contributed by atoms with Crippen LogP contribution >= 0.6 is 24.8 Å². The average Bonchev–Trinajstić information content (AvgIpc) is 2.94. The van der Waals surface area contributed by atoms with Gasteiger partial charge in [-0.05, 0) is 70.5 Å². The Bertz CT molecular complexity index is 337. The van der Waals surface area contributed by atoms with E-state index in [9.17, 15) is 4.79 Å². The van der Waals surface area contributed by atoms with E-state index >= 15 is 0 Å². The normalized spacial score (nSPS) is 29.1. The molecule has 4 nitrogen and oxygen atoms in total. The number of halogens is 2. The Hall–Kier alpha value is -0.0300. The lowest BCUT2D eigenvalue weighted by Crippen LogP contribution is -2.47. The predicted molar refractivity (Wildman–Crippen MR) is 95.1 cm³/mol. The second-order valence-corrected chi connectivity index (χ2v) is 6.85. The quantitative estimate of drug-likeness (QED) is 0.816. The molecule has 0 aliphatic carbocycles. The molecule has 0 aromatic carbocycles. The lowest BCUT2D eigenvalue weighted by molar-refractivity contribution is -0.122. The molecule has 3 saturated heterocycles. The second-order valence-electron chi connectivity index (χ2n) is 6.85. The van der Waals surface area contributed by atoms with Crippen LogP contribution in [0, 0.1) is 5.92 Å². The molecule has 0 aromatic heterocycles. The molecule has 22 heavy (non-hydrogen) atoms. The number of hydrogen-bond acceptors (Lipinski definition) is 3. The van der Waals surface area contributed by atoms with E-state index in [2.05, 4.69) is 15.5 Å². The summed E-state index contributed by atoms with van der Waals surface area (Å²) in [6, 6.07) is 1.19. The monoisotopic (exact) mass is 351 g/mol. The highest BCUT2D eigenvalue weighted by Crippen LogP contribution is 2.27. The molecule has 3 heterocycles.